The standard InChI is InChI=1S/C19H22N4O2S/c1-13-6-8-14(9-7-13)18(23(2)3)19(24)20-12-16-21-17(25-22-16)11-15-5-4-10-26-15/h4-10,18H,11-12H2,1-3H3,(H,20,24)/t18-/m0/s1. The maximum absolute atomic E-state index is 12.7. The van der Waals surface area contributed by atoms with Crippen molar-refractivity contribution in [2.24, 2.45) is 0 Å². The number of hydrogen-bond acceptors (Lipinski definition) is 6. The molecule has 26 heavy (non-hydrogen) atoms. The summed E-state index contributed by atoms with van der Waals surface area (Å²) in [5, 5.41) is 8.86. The van der Waals surface area contributed by atoms with E-state index in [-0.39, 0.29) is 18.5 Å². The third-order valence-electron chi connectivity index (χ3n) is 3.99. The molecular weight excluding hydrogens is 348 g/mol. The first kappa shape index (κ1) is 18.3. The molecule has 0 aliphatic carbocycles. The number of likely N-dealkylation sites (N-methyl/N-ethyl adjacent to an activating group) is 1. The van der Waals surface area contributed by atoms with E-state index in [9.17, 15) is 4.79 Å². The molecule has 1 amide bonds. The molecule has 0 saturated carbocycles. The van der Waals surface area contributed by atoms with Crippen LogP contribution < -0.4 is 5.32 Å². The van der Waals surface area contributed by atoms with Crippen LogP contribution >= 0.6 is 11.3 Å². The zero-order valence-corrected chi connectivity index (χ0v) is 15.9. The van der Waals surface area contributed by atoms with Crippen LogP contribution in [-0.2, 0) is 17.8 Å². The Labute approximate surface area is 156 Å². The van der Waals surface area contributed by atoms with Gasteiger partial charge in [-0.2, -0.15) is 4.98 Å². The van der Waals surface area contributed by atoms with Gasteiger partial charge in [0.05, 0.1) is 13.0 Å². The van der Waals surface area contributed by atoms with Crippen molar-refractivity contribution in [3.63, 3.8) is 0 Å². The van der Waals surface area contributed by atoms with Gasteiger partial charge in [0.25, 0.3) is 0 Å². The number of nitrogens with one attached hydrogen (secondary N) is 1. The number of benzene rings is 1. The topological polar surface area (TPSA) is 71.3 Å². The largest absolute Gasteiger partial charge is 0.347 e. The summed E-state index contributed by atoms with van der Waals surface area (Å²) < 4.78 is 5.26. The van der Waals surface area contributed by atoms with Crippen LogP contribution in [0.2, 0.25) is 0 Å². The van der Waals surface area contributed by atoms with Gasteiger partial charge in [-0.15, -0.1) is 11.3 Å². The van der Waals surface area contributed by atoms with Gasteiger partial charge in [-0.05, 0) is 38.0 Å². The van der Waals surface area contributed by atoms with Gasteiger partial charge in [0.2, 0.25) is 11.8 Å². The number of thiophene rings is 1. The van der Waals surface area contributed by atoms with E-state index in [2.05, 4.69) is 15.5 Å². The lowest BCUT2D eigenvalue weighted by molar-refractivity contribution is -0.126. The zero-order valence-electron chi connectivity index (χ0n) is 15.1. The molecule has 0 aliphatic rings. The molecule has 136 valence electrons. The SMILES string of the molecule is Cc1ccc([C@@H](C(=O)NCc2noc(Cc3cccs3)n2)N(C)C)cc1. The van der Waals surface area contributed by atoms with E-state index in [1.807, 2.05) is 67.7 Å². The minimum atomic E-state index is -0.368. The summed E-state index contributed by atoms with van der Waals surface area (Å²) in [6.07, 6.45) is 0.613. The smallest absolute Gasteiger partial charge is 0.242 e. The third-order valence-corrected chi connectivity index (χ3v) is 4.87. The van der Waals surface area contributed by atoms with Crippen LogP contribution in [0.25, 0.3) is 0 Å². The molecule has 1 N–H and O–H groups in total. The Morgan fingerprint density at radius 3 is 2.69 bits per heavy atom. The average Bonchev–Trinajstić information content (AvgIpc) is 3.27. The predicted molar refractivity (Wildman–Crippen MR) is 101 cm³/mol. The summed E-state index contributed by atoms with van der Waals surface area (Å²) in [6, 6.07) is 11.6. The highest BCUT2D eigenvalue weighted by atomic mass is 32.1. The number of aryl methyl sites for hydroxylation is 1. The highest BCUT2D eigenvalue weighted by Crippen LogP contribution is 2.19. The molecule has 0 saturated heterocycles. The van der Waals surface area contributed by atoms with Crippen LogP contribution in [0.3, 0.4) is 0 Å². The molecule has 3 aromatic rings. The fourth-order valence-electron chi connectivity index (χ4n) is 2.69. The number of rotatable bonds is 7. The van der Waals surface area contributed by atoms with E-state index in [1.54, 1.807) is 11.3 Å². The monoisotopic (exact) mass is 370 g/mol. The number of amides is 1. The van der Waals surface area contributed by atoms with Crippen molar-refractivity contribution in [1.29, 1.82) is 0 Å². The summed E-state index contributed by atoms with van der Waals surface area (Å²) in [5.74, 6) is 0.939. The van der Waals surface area contributed by atoms with Gasteiger partial charge >= 0.3 is 0 Å². The van der Waals surface area contributed by atoms with Crippen LogP contribution in [0.15, 0.2) is 46.3 Å². The van der Waals surface area contributed by atoms with Crippen molar-refractivity contribution in [2.75, 3.05) is 14.1 Å². The average molecular weight is 370 g/mol. The molecule has 2 heterocycles. The van der Waals surface area contributed by atoms with Crippen molar-refractivity contribution >= 4 is 17.2 Å². The van der Waals surface area contributed by atoms with Crippen LogP contribution in [0.5, 0.6) is 0 Å². The molecule has 2 aromatic heterocycles. The highest BCUT2D eigenvalue weighted by molar-refractivity contribution is 7.09. The molecule has 7 heteroatoms. The Morgan fingerprint density at radius 2 is 2.04 bits per heavy atom. The second-order valence-corrected chi connectivity index (χ2v) is 7.39. The van der Waals surface area contributed by atoms with Gasteiger partial charge < -0.3 is 9.84 Å². The van der Waals surface area contributed by atoms with Crippen molar-refractivity contribution in [2.45, 2.75) is 25.9 Å². The van der Waals surface area contributed by atoms with E-state index in [4.69, 9.17) is 4.52 Å². The molecule has 3 rings (SSSR count). The van der Waals surface area contributed by atoms with Crippen LogP contribution in [0.1, 0.15) is 33.8 Å². The Hall–Kier alpha value is -2.51. The lowest BCUT2D eigenvalue weighted by Crippen LogP contribution is -2.36. The van der Waals surface area contributed by atoms with Crippen molar-refractivity contribution in [3.05, 3.63) is 69.5 Å². The van der Waals surface area contributed by atoms with Crippen molar-refractivity contribution in [3.8, 4) is 0 Å². The minimum Gasteiger partial charge on any atom is -0.347 e. The second kappa shape index (κ2) is 8.25. The number of aromatic nitrogens is 2. The molecule has 0 aliphatic heterocycles. The van der Waals surface area contributed by atoms with Gasteiger partial charge in [0, 0.05) is 4.88 Å². The summed E-state index contributed by atoms with van der Waals surface area (Å²) >= 11 is 1.65. The molecule has 0 bridgehead atoms. The normalized spacial score (nSPS) is 12.3. The zero-order chi connectivity index (χ0) is 18.5. The van der Waals surface area contributed by atoms with Gasteiger partial charge in [-0.3, -0.25) is 9.69 Å². The molecule has 0 spiro atoms. The van der Waals surface area contributed by atoms with Crippen molar-refractivity contribution < 1.29 is 9.32 Å². The highest BCUT2D eigenvalue weighted by Gasteiger charge is 2.23. The Bertz CT molecular complexity index is 841. The first-order chi connectivity index (χ1) is 12.5. The Balaban J connectivity index is 1.61. The molecule has 0 unspecified atom stereocenters. The van der Waals surface area contributed by atoms with Gasteiger partial charge in [-0.1, -0.05) is 41.1 Å². The minimum absolute atomic E-state index is 0.0940. The fourth-order valence-corrected chi connectivity index (χ4v) is 3.39. The Morgan fingerprint density at radius 1 is 1.27 bits per heavy atom. The molecule has 0 radical (unpaired) electrons. The quantitative estimate of drug-likeness (QED) is 0.692. The molecular formula is C19H22N4O2S. The molecule has 1 aromatic carbocycles. The first-order valence-corrected chi connectivity index (χ1v) is 9.25. The van der Waals surface area contributed by atoms with E-state index >= 15 is 0 Å². The van der Waals surface area contributed by atoms with Crippen molar-refractivity contribution in [1.82, 2.24) is 20.4 Å². The fraction of sp³-hybridized carbons (Fsp3) is 0.316. The van der Waals surface area contributed by atoms with E-state index in [0.717, 1.165) is 16.0 Å². The summed E-state index contributed by atoms with van der Waals surface area (Å²) in [6.45, 7) is 2.27. The molecule has 0 fully saturated rings. The lowest BCUT2D eigenvalue weighted by Gasteiger charge is -2.23. The summed E-state index contributed by atoms with van der Waals surface area (Å²) in [4.78, 5) is 20.1. The van der Waals surface area contributed by atoms with Crippen LogP contribution in [0.4, 0.5) is 0 Å². The maximum atomic E-state index is 12.7. The summed E-state index contributed by atoms with van der Waals surface area (Å²) in [7, 11) is 3.77. The number of hydrogen-bond donors (Lipinski definition) is 1. The first-order valence-electron chi connectivity index (χ1n) is 8.37. The van der Waals surface area contributed by atoms with E-state index in [1.165, 1.54) is 0 Å². The maximum Gasteiger partial charge on any atom is 0.242 e. The van der Waals surface area contributed by atoms with E-state index in [0.29, 0.717) is 18.1 Å². The third kappa shape index (κ3) is 4.56. The second-order valence-electron chi connectivity index (χ2n) is 6.36. The summed E-state index contributed by atoms with van der Waals surface area (Å²) in [5.41, 5.74) is 2.11. The lowest BCUT2D eigenvalue weighted by atomic mass is 10.0. The molecule has 1 atom stereocenters. The predicted octanol–water partition coefficient (Wildman–Crippen LogP) is 2.95. The Kier molecular flexibility index (Phi) is 5.80. The number of carbonyl (C=O) groups excluding carboxylic acids is 1. The van der Waals surface area contributed by atoms with Crippen LogP contribution in [-0.4, -0.2) is 35.0 Å². The van der Waals surface area contributed by atoms with Gasteiger partial charge in [-0.25, -0.2) is 0 Å². The van der Waals surface area contributed by atoms with E-state index < -0.39 is 0 Å². The van der Waals surface area contributed by atoms with Crippen LogP contribution in [0, 0.1) is 6.92 Å². The number of carbonyl (C=O) groups is 1. The molecule has 6 nitrogen and oxygen atoms in total. The van der Waals surface area contributed by atoms with Gasteiger partial charge in [0.1, 0.15) is 6.04 Å². The van der Waals surface area contributed by atoms with Gasteiger partial charge in [0.15, 0.2) is 5.82 Å². The number of nitrogens with zero attached hydrogens (tertiary/aromatic N) is 3.